The Hall–Kier alpha value is -1.35. The van der Waals surface area contributed by atoms with Crippen molar-refractivity contribution in [2.45, 2.75) is 31.2 Å². The molecule has 1 aromatic carbocycles. The normalized spacial score (nSPS) is 16.8. The van der Waals surface area contributed by atoms with Crippen molar-refractivity contribution in [2.75, 3.05) is 6.54 Å². The summed E-state index contributed by atoms with van der Waals surface area (Å²) in [6.45, 7) is 0.575. The van der Waals surface area contributed by atoms with Gasteiger partial charge >= 0.3 is 0 Å². The highest BCUT2D eigenvalue weighted by Gasteiger charge is 2.45. The average molecular weight is 218 g/mol. The minimum Gasteiger partial charge on any atom is -0.347 e. The minimum atomic E-state index is -0.0764. The lowest BCUT2D eigenvalue weighted by Gasteiger charge is -2.17. The molecule has 1 amide bonds. The molecule has 0 spiro atoms. The molecule has 16 heavy (non-hydrogen) atoms. The van der Waals surface area contributed by atoms with Gasteiger partial charge in [-0.1, -0.05) is 30.3 Å². The molecule has 3 heteroatoms. The molecule has 0 bridgehead atoms. The van der Waals surface area contributed by atoms with E-state index in [0.29, 0.717) is 13.0 Å². The topological polar surface area (TPSA) is 55.1 Å². The Kier molecular flexibility index (Phi) is 3.25. The van der Waals surface area contributed by atoms with Crippen LogP contribution in [-0.4, -0.2) is 12.5 Å². The van der Waals surface area contributed by atoms with Gasteiger partial charge in [0.2, 0.25) is 5.91 Å². The van der Waals surface area contributed by atoms with Gasteiger partial charge in [-0.2, -0.15) is 0 Å². The molecule has 2 rings (SSSR count). The summed E-state index contributed by atoms with van der Waals surface area (Å²) in [5.41, 5.74) is 6.53. The molecule has 0 heterocycles. The largest absolute Gasteiger partial charge is 0.347 e. The lowest BCUT2D eigenvalue weighted by Crippen LogP contribution is -2.34. The molecular weight excluding hydrogens is 200 g/mol. The zero-order valence-corrected chi connectivity index (χ0v) is 9.41. The third kappa shape index (κ3) is 2.42. The Morgan fingerprint density at radius 2 is 2.00 bits per heavy atom. The number of hydrogen-bond donors (Lipinski definition) is 2. The summed E-state index contributed by atoms with van der Waals surface area (Å²) in [5, 5.41) is 3.12. The number of hydrogen-bond acceptors (Lipinski definition) is 2. The molecule has 1 fully saturated rings. The second-order valence-corrected chi connectivity index (χ2v) is 4.39. The first-order valence-corrected chi connectivity index (χ1v) is 5.83. The number of amides is 1. The molecule has 0 unspecified atom stereocenters. The van der Waals surface area contributed by atoms with Crippen LogP contribution in [0.5, 0.6) is 0 Å². The highest BCUT2D eigenvalue weighted by molar-refractivity contribution is 5.77. The van der Waals surface area contributed by atoms with Crippen LogP contribution in [0.3, 0.4) is 0 Å². The average Bonchev–Trinajstić information content (AvgIpc) is 3.09. The number of carbonyl (C=O) groups excluding carboxylic acids is 1. The second-order valence-electron chi connectivity index (χ2n) is 4.39. The first-order valence-electron chi connectivity index (χ1n) is 5.83. The Morgan fingerprint density at radius 3 is 2.56 bits per heavy atom. The van der Waals surface area contributed by atoms with Gasteiger partial charge in [-0.3, -0.25) is 4.79 Å². The van der Waals surface area contributed by atoms with Gasteiger partial charge in [-0.25, -0.2) is 0 Å². The van der Waals surface area contributed by atoms with Gasteiger partial charge in [0.25, 0.3) is 0 Å². The number of nitrogens with two attached hydrogens (primary N) is 1. The number of carbonyl (C=O) groups is 1. The maximum absolute atomic E-state index is 11.7. The molecule has 1 aromatic rings. The summed E-state index contributed by atoms with van der Waals surface area (Å²) >= 11 is 0. The molecule has 0 saturated heterocycles. The predicted molar refractivity (Wildman–Crippen MR) is 63.8 cm³/mol. The molecule has 1 saturated carbocycles. The first kappa shape index (κ1) is 11.1. The van der Waals surface area contributed by atoms with E-state index in [9.17, 15) is 4.79 Å². The fourth-order valence-electron chi connectivity index (χ4n) is 1.96. The standard InChI is InChI=1S/C13H18N2O/c14-10-4-7-12(16)15-13(8-9-13)11-5-2-1-3-6-11/h1-3,5-6H,4,7-10,14H2,(H,15,16). The maximum atomic E-state index is 11.7. The van der Waals surface area contributed by atoms with Crippen LogP contribution in [-0.2, 0) is 10.3 Å². The predicted octanol–water partition coefficient (Wildman–Crippen LogP) is 1.53. The van der Waals surface area contributed by atoms with Crippen molar-refractivity contribution in [3.63, 3.8) is 0 Å². The van der Waals surface area contributed by atoms with Crippen LogP contribution in [0.15, 0.2) is 30.3 Å². The lowest BCUT2D eigenvalue weighted by atomic mass is 10.0. The van der Waals surface area contributed by atoms with Crippen LogP contribution in [0.1, 0.15) is 31.2 Å². The number of benzene rings is 1. The molecule has 1 aliphatic rings. The Bertz CT molecular complexity index is 357. The highest BCUT2D eigenvalue weighted by Crippen LogP contribution is 2.45. The monoisotopic (exact) mass is 218 g/mol. The van der Waals surface area contributed by atoms with Crippen molar-refractivity contribution >= 4 is 5.91 Å². The summed E-state index contributed by atoms with van der Waals surface area (Å²) < 4.78 is 0. The molecular formula is C13H18N2O. The molecule has 3 nitrogen and oxygen atoms in total. The number of rotatable bonds is 5. The summed E-state index contributed by atoms with van der Waals surface area (Å²) in [5.74, 6) is 0.117. The van der Waals surface area contributed by atoms with Crippen LogP contribution >= 0.6 is 0 Å². The molecule has 0 radical (unpaired) electrons. The van der Waals surface area contributed by atoms with E-state index in [1.54, 1.807) is 0 Å². The van der Waals surface area contributed by atoms with Gasteiger partial charge in [0.1, 0.15) is 0 Å². The third-order valence-corrected chi connectivity index (χ3v) is 3.06. The van der Waals surface area contributed by atoms with Crippen molar-refractivity contribution in [3.05, 3.63) is 35.9 Å². The van der Waals surface area contributed by atoms with E-state index in [2.05, 4.69) is 17.4 Å². The minimum absolute atomic E-state index is 0.0764. The van der Waals surface area contributed by atoms with Crippen molar-refractivity contribution in [2.24, 2.45) is 5.73 Å². The van der Waals surface area contributed by atoms with Gasteiger partial charge in [0.15, 0.2) is 0 Å². The molecule has 0 aliphatic heterocycles. The van der Waals surface area contributed by atoms with Crippen molar-refractivity contribution in [1.82, 2.24) is 5.32 Å². The molecule has 0 aromatic heterocycles. The second kappa shape index (κ2) is 4.66. The summed E-state index contributed by atoms with van der Waals surface area (Å²) in [6.07, 6.45) is 3.39. The lowest BCUT2D eigenvalue weighted by molar-refractivity contribution is -0.122. The van der Waals surface area contributed by atoms with E-state index in [1.165, 1.54) is 5.56 Å². The number of nitrogens with one attached hydrogen (secondary N) is 1. The van der Waals surface area contributed by atoms with E-state index < -0.39 is 0 Å². The van der Waals surface area contributed by atoms with Crippen LogP contribution in [0.25, 0.3) is 0 Å². The Morgan fingerprint density at radius 1 is 1.31 bits per heavy atom. The Balaban J connectivity index is 1.97. The van der Waals surface area contributed by atoms with Gasteiger partial charge in [0, 0.05) is 6.42 Å². The van der Waals surface area contributed by atoms with E-state index in [4.69, 9.17) is 5.73 Å². The van der Waals surface area contributed by atoms with E-state index >= 15 is 0 Å². The van der Waals surface area contributed by atoms with Crippen LogP contribution < -0.4 is 11.1 Å². The van der Waals surface area contributed by atoms with Gasteiger partial charge < -0.3 is 11.1 Å². The molecule has 3 N–H and O–H groups in total. The van der Waals surface area contributed by atoms with Crippen molar-refractivity contribution in [1.29, 1.82) is 0 Å². The van der Waals surface area contributed by atoms with Crippen LogP contribution in [0, 0.1) is 0 Å². The first-order chi connectivity index (χ1) is 7.77. The maximum Gasteiger partial charge on any atom is 0.220 e. The van der Waals surface area contributed by atoms with Crippen molar-refractivity contribution in [3.8, 4) is 0 Å². The summed E-state index contributed by atoms with van der Waals surface area (Å²) in [7, 11) is 0. The third-order valence-electron chi connectivity index (χ3n) is 3.06. The molecule has 86 valence electrons. The molecule has 1 aliphatic carbocycles. The van der Waals surface area contributed by atoms with E-state index in [1.807, 2.05) is 18.2 Å². The van der Waals surface area contributed by atoms with Crippen LogP contribution in [0.2, 0.25) is 0 Å². The van der Waals surface area contributed by atoms with Gasteiger partial charge in [0.05, 0.1) is 5.54 Å². The van der Waals surface area contributed by atoms with Gasteiger partial charge in [-0.05, 0) is 31.4 Å². The van der Waals surface area contributed by atoms with E-state index in [-0.39, 0.29) is 11.4 Å². The fourth-order valence-corrected chi connectivity index (χ4v) is 1.96. The Labute approximate surface area is 96.0 Å². The quantitative estimate of drug-likeness (QED) is 0.787. The van der Waals surface area contributed by atoms with Crippen LogP contribution in [0.4, 0.5) is 0 Å². The zero-order valence-electron chi connectivity index (χ0n) is 9.41. The van der Waals surface area contributed by atoms with Crippen molar-refractivity contribution < 1.29 is 4.79 Å². The SMILES string of the molecule is NCCCC(=O)NC1(c2ccccc2)CC1. The molecule has 0 atom stereocenters. The van der Waals surface area contributed by atoms with Gasteiger partial charge in [-0.15, -0.1) is 0 Å². The highest BCUT2D eigenvalue weighted by atomic mass is 16.1. The smallest absolute Gasteiger partial charge is 0.220 e. The zero-order chi connectivity index (χ0) is 11.4. The summed E-state index contributed by atoms with van der Waals surface area (Å²) in [4.78, 5) is 11.7. The summed E-state index contributed by atoms with van der Waals surface area (Å²) in [6, 6.07) is 10.2. The fraction of sp³-hybridized carbons (Fsp3) is 0.462. The van der Waals surface area contributed by atoms with E-state index in [0.717, 1.165) is 19.3 Å².